The van der Waals surface area contributed by atoms with Crippen LogP contribution in [0.15, 0.2) is 42.5 Å². The minimum atomic E-state index is -0.206. The van der Waals surface area contributed by atoms with Gasteiger partial charge in [0.05, 0.1) is 23.2 Å². The number of esters is 1. The van der Waals surface area contributed by atoms with E-state index in [2.05, 4.69) is 34.9 Å². The molecule has 0 saturated carbocycles. The van der Waals surface area contributed by atoms with Gasteiger partial charge in [0, 0.05) is 32.7 Å². The van der Waals surface area contributed by atoms with Crippen molar-refractivity contribution >= 4 is 32.7 Å². The highest BCUT2D eigenvalue weighted by Crippen LogP contribution is 2.30. The van der Waals surface area contributed by atoms with E-state index in [1.54, 1.807) is 11.3 Å². The normalized spacial score (nSPS) is 15.0. The van der Waals surface area contributed by atoms with Crippen LogP contribution in [0.1, 0.15) is 24.5 Å². The van der Waals surface area contributed by atoms with Crippen molar-refractivity contribution in [3.05, 3.63) is 53.6 Å². The number of nitrogens with zero attached hydrogens (tertiary/aromatic N) is 3. The number of hydrogen-bond acceptors (Lipinski definition) is 7. The number of ether oxygens (including phenoxy) is 2. The Bertz CT molecular complexity index is 1050. The van der Waals surface area contributed by atoms with Crippen molar-refractivity contribution in [3.63, 3.8) is 0 Å². The Labute approximate surface area is 193 Å². The Morgan fingerprint density at radius 1 is 1.12 bits per heavy atom. The first kappa shape index (κ1) is 22.6. The minimum Gasteiger partial charge on any atom is -0.492 e. The van der Waals surface area contributed by atoms with Gasteiger partial charge in [0.1, 0.15) is 12.4 Å². The number of rotatable bonds is 8. The van der Waals surface area contributed by atoms with Crippen LogP contribution in [0.3, 0.4) is 0 Å². The number of thiazole rings is 1. The molecule has 4 rings (SSSR count). The van der Waals surface area contributed by atoms with E-state index in [9.17, 15) is 4.79 Å². The first-order valence-corrected chi connectivity index (χ1v) is 12.1. The summed E-state index contributed by atoms with van der Waals surface area (Å²) in [5.41, 5.74) is 3.29. The molecule has 2 aromatic carbocycles. The first-order valence-electron chi connectivity index (χ1n) is 11.3. The number of carbonyl (C=O) groups excluding carboxylic acids is 1. The molecule has 0 radical (unpaired) electrons. The molecule has 7 heteroatoms. The molecule has 0 spiro atoms. The molecule has 1 fully saturated rings. The fourth-order valence-corrected chi connectivity index (χ4v) is 5.07. The van der Waals surface area contributed by atoms with Gasteiger partial charge in [0.25, 0.3) is 0 Å². The van der Waals surface area contributed by atoms with Crippen molar-refractivity contribution in [1.82, 2.24) is 9.88 Å². The van der Waals surface area contributed by atoms with Gasteiger partial charge in [-0.15, -0.1) is 0 Å². The Morgan fingerprint density at radius 3 is 2.91 bits per heavy atom. The van der Waals surface area contributed by atoms with E-state index in [0.29, 0.717) is 13.2 Å². The third kappa shape index (κ3) is 5.99. The second kappa shape index (κ2) is 10.8. The summed E-state index contributed by atoms with van der Waals surface area (Å²) in [7, 11) is 0. The summed E-state index contributed by atoms with van der Waals surface area (Å²) in [5, 5.41) is 1.13. The first-order chi connectivity index (χ1) is 15.6. The molecule has 6 nitrogen and oxygen atoms in total. The molecule has 1 saturated heterocycles. The van der Waals surface area contributed by atoms with Gasteiger partial charge in [-0.25, -0.2) is 4.98 Å². The van der Waals surface area contributed by atoms with E-state index in [-0.39, 0.29) is 12.4 Å². The maximum absolute atomic E-state index is 11.7. The van der Waals surface area contributed by atoms with Gasteiger partial charge in [-0.3, -0.25) is 9.69 Å². The fraction of sp³-hybridized carbons (Fsp3) is 0.440. The molecule has 0 atom stereocenters. The number of fused-ring (bicyclic) bond motifs is 1. The van der Waals surface area contributed by atoms with E-state index < -0.39 is 0 Å². The van der Waals surface area contributed by atoms with Crippen LogP contribution in [-0.4, -0.2) is 61.8 Å². The van der Waals surface area contributed by atoms with E-state index in [0.717, 1.165) is 61.1 Å². The van der Waals surface area contributed by atoms with Gasteiger partial charge >= 0.3 is 5.97 Å². The van der Waals surface area contributed by atoms with Crippen molar-refractivity contribution < 1.29 is 14.3 Å². The second-order valence-electron chi connectivity index (χ2n) is 8.13. The lowest BCUT2D eigenvalue weighted by Gasteiger charge is -2.21. The number of aryl methyl sites for hydroxylation is 1. The molecule has 170 valence electrons. The average Bonchev–Trinajstić information content (AvgIpc) is 3.04. The van der Waals surface area contributed by atoms with Gasteiger partial charge in [-0.2, -0.15) is 0 Å². The van der Waals surface area contributed by atoms with Crippen molar-refractivity contribution in [2.24, 2.45) is 0 Å². The van der Waals surface area contributed by atoms with Gasteiger partial charge in [-0.1, -0.05) is 29.5 Å². The number of benzene rings is 2. The number of carbonyl (C=O) groups is 1. The van der Waals surface area contributed by atoms with E-state index in [1.807, 2.05) is 31.2 Å². The Morgan fingerprint density at radius 2 is 2.03 bits per heavy atom. The zero-order valence-electron chi connectivity index (χ0n) is 18.9. The number of anilines is 1. The number of hydrogen-bond donors (Lipinski definition) is 0. The van der Waals surface area contributed by atoms with Crippen LogP contribution in [0.2, 0.25) is 0 Å². The SMILES string of the molecule is CCOC(=O)Cc1cccc(OCCN2CCCN(c3nc4ccc(C)cc4s3)CC2)c1. The molecular weight excluding hydrogens is 422 g/mol. The maximum Gasteiger partial charge on any atom is 0.310 e. The highest BCUT2D eigenvalue weighted by molar-refractivity contribution is 7.22. The Balaban J connectivity index is 1.26. The van der Waals surface area contributed by atoms with Crippen molar-refractivity contribution in [2.45, 2.75) is 26.7 Å². The summed E-state index contributed by atoms with van der Waals surface area (Å²) in [6, 6.07) is 14.2. The lowest BCUT2D eigenvalue weighted by Crippen LogP contribution is -2.33. The summed E-state index contributed by atoms with van der Waals surface area (Å²) in [6.07, 6.45) is 1.39. The predicted octanol–water partition coefficient (Wildman–Crippen LogP) is 4.30. The van der Waals surface area contributed by atoms with E-state index in [1.165, 1.54) is 10.3 Å². The van der Waals surface area contributed by atoms with Crippen LogP contribution in [-0.2, 0) is 16.0 Å². The van der Waals surface area contributed by atoms with Crippen LogP contribution in [0.5, 0.6) is 5.75 Å². The quantitative estimate of drug-likeness (QED) is 0.474. The topological polar surface area (TPSA) is 54.9 Å². The summed E-state index contributed by atoms with van der Waals surface area (Å²) in [6.45, 7) is 9.94. The van der Waals surface area contributed by atoms with Gasteiger partial charge in [0.15, 0.2) is 5.13 Å². The molecule has 0 aliphatic carbocycles. The molecule has 0 N–H and O–H groups in total. The highest BCUT2D eigenvalue weighted by Gasteiger charge is 2.18. The second-order valence-corrected chi connectivity index (χ2v) is 9.14. The van der Waals surface area contributed by atoms with Crippen LogP contribution in [0.25, 0.3) is 10.2 Å². The molecule has 0 bridgehead atoms. The maximum atomic E-state index is 11.7. The van der Waals surface area contributed by atoms with Crippen molar-refractivity contribution in [3.8, 4) is 5.75 Å². The van der Waals surface area contributed by atoms with Crippen LogP contribution >= 0.6 is 11.3 Å². The molecule has 1 aromatic heterocycles. The standard InChI is InChI=1S/C25H31N3O3S/c1-3-30-24(29)18-20-6-4-7-21(17-20)31-15-14-27-10-5-11-28(13-12-27)25-26-22-9-8-19(2)16-23(22)32-25/h4,6-9,16-17H,3,5,10-15,18H2,1-2H3. The lowest BCUT2D eigenvalue weighted by molar-refractivity contribution is -0.142. The van der Waals surface area contributed by atoms with Crippen LogP contribution < -0.4 is 9.64 Å². The summed E-state index contributed by atoms with van der Waals surface area (Å²) >= 11 is 1.79. The summed E-state index contributed by atoms with van der Waals surface area (Å²) < 4.78 is 12.3. The molecule has 32 heavy (non-hydrogen) atoms. The zero-order valence-corrected chi connectivity index (χ0v) is 19.7. The molecule has 1 aliphatic heterocycles. The van der Waals surface area contributed by atoms with Crippen molar-refractivity contribution in [2.75, 3.05) is 50.8 Å². The van der Waals surface area contributed by atoms with Crippen LogP contribution in [0.4, 0.5) is 5.13 Å². The van der Waals surface area contributed by atoms with Gasteiger partial charge in [0.2, 0.25) is 0 Å². The summed E-state index contributed by atoms with van der Waals surface area (Å²) in [5.74, 6) is 0.593. The molecule has 0 amide bonds. The lowest BCUT2D eigenvalue weighted by atomic mass is 10.1. The molecule has 0 unspecified atom stereocenters. The fourth-order valence-electron chi connectivity index (χ4n) is 3.96. The van der Waals surface area contributed by atoms with Gasteiger partial charge in [-0.05, 0) is 55.7 Å². The monoisotopic (exact) mass is 453 g/mol. The van der Waals surface area contributed by atoms with E-state index >= 15 is 0 Å². The van der Waals surface area contributed by atoms with Gasteiger partial charge < -0.3 is 14.4 Å². The summed E-state index contributed by atoms with van der Waals surface area (Å²) in [4.78, 5) is 21.4. The third-order valence-electron chi connectivity index (χ3n) is 5.62. The zero-order chi connectivity index (χ0) is 22.3. The largest absolute Gasteiger partial charge is 0.492 e. The number of aromatic nitrogens is 1. The minimum absolute atomic E-state index is 0.206. The third-order valence-corrected chi connectivity index (χ3v) is 6.70. The Hall–Kier alpha value is -2.64. The Kier molecular flexibility index (Phi) is 7.60. The molecular formula is C25H31N3O3S. The molecule has 3 aromatic rings. The smallest absolute Gasteiger partial charge is 0.310 e. The average molecular weight is 454 g/mol. The molecule has 1 aliphatic rings. The van der Waals surface area contributed by atoms with Crippen molar-refractivity contribution in [1.29, 1.82) is 0 Å². The highest BCUT2D eigenvalue weighted by atomic mass is 32.1. The van der Waals surface area contributed by atoms with E-state index in [4.69, 9.17) is 14.5 Å². The predicted molar refractivity (Wildman–Crippen MR) is 130 cm³/mol. The molecule has 2 heterocycles. The van der Waals surface area contributed by atoms with Crippen LogP contribution in [0, 0.1) is 6.92 Å².